The van der Waals surface area contributed by atoms with E-state index >= 15 is 0 Å². The number of carboxylic acids is 1. The van der Waals surface area contributed by atoms with Gasteiger partial charge >= 0.3 is 5.97 Å². The maximum atomic E-state index is 13.7. The normalized spacial score (nSPS) is 22.4. The fourth-order valence-corrected chi connectivity index (χ4v) is 6.63. The van der Waals surface area contributed by atoms with Crippen LogP contribution in [0.25, 0.3) is 0 Å². The molecule has 0 spiro atoms. The fourth-order valence-electron chi connectivity index (χ4n) is 5.18. The summed E-state index contributed by atoms with van der Waals surface area (Å²) < 4.78 is 29.8. The SMILES string of the molecule is CCC1CNc2c(cccc2S(=O)(=O)N[C@@H](CCCN=C(N)N)C(=O)N2CCC(CC)CC2C(=O)O)C1. The number of aliphatic carboxylic acids is 1. The van der Waals surface area contributed by atoms with E-state index in [9.17, 15) is 23.1 Å². The van der Waals surface area contributed by atoms with Gasteiger partial charge in [-0.3, -0.25) is 9.79 Å². The van der Waals surface area contributed by atoms with Crippen LogP contribution in [0, 0.1) is 11.8 Å². The largest absolute Gasteiger partial charge is 0.480 e. The lowest BCUT2D eigenvalue weighted by Gasteiger charge is -2.38. The maximum Gasteiger partial charge on any atom is 0.326 e. The minimum atomic E-state index is -4.11. The minimum Gasteiger partial charge on any atom is -0.480 e. The van der Waals surface area contributed by atoms with Crippen LogP contribution in [0.3, 0.4) is 0 Å². The summed E-state index contributed by atoms with van der Waals surface area (Å²) in [6, 6.07) is 3.00. The molecule has 12 heteroatoms. The van der Waals surface area contributed by atoms with E-state index in [0.29, 0.717) is 37.4 Å². The molecule has 0 saturated carbocycles. The van der Waals surface area contributed by atoms with Gasteiger partial charge in [0.2, 0.25) is 15.9 Å². The molecule has 1 amide bonds. The molecule has 0 aliphatic carbocycles. The van der Waals surface area contributed by atoms with Crippen LogP contribution in [0.4, 0.5) is 5.69 Å². The van der Waals surface area contributed by atoms with Gasteiger partial charge in [0.25, 0.3) is 0 Å². The number of nitrogens with zero attached hydrogens (tertiary/aromatic N) is 2. The molecule has 2 aliphatic rings. The summed E-state index contributed by atoms with van der Waals surface area (Å²) in [4.78, 5) is 31.0. The fraction of sp³-hybridized carbons (Fsp3) is 0.640. The molecule has 0 aromatic heterocycles. The van der Waals surface area contributed by atoms with E-state index in [1.165, 1.54) is 11.0 Å². The Balaban J connectivity index is 1.88. The summed E-state index contributed by atoms with van der Waals surface area (Å²) in [5.41, 5.74) is 12.3. The van der Waals surface area contributed by atoms with Gasteiger partial charge in [-0.15, -0.1) is 0 Å². The van der Waals surface area contributed by atoms with Crippen LogP contribution < -0.4 is 21.5 Å². The molecule has 206 valence electrons. The number of anilines is 1. The number of guanidine groups is 1. The topological polar surface area (TPSA) is 180 Å². The van der Waals surface area contributed by atoms with Crippen LogP contribution in [0.15, 0.2) is 28.1 Å². The second-order valence-corrected chi connectivity index (χ2v) is 11.6. The van der Waals surface area contributed by atoms with E-state index in [2.05, 4.69) is 22.0 Å². The number of sulfonamides is 1. The van der Waals surface area contributed by atoms with Crippen molar-refractivity contribution in [1.82, 2.24) is 9.62 Å². The Bertz CT molecular complexity index is 1100. The van der Waals surface area contributed by atoms with Gasteiger partial charge in [0.1, 0.15) is 17.0 Å². The minimum absolute atomic E-state index is 0.0843. The first-order valence-electron chi connectivity index (χ1n) is 13.0. The molecule has 1 aromatic rings. The number of amides is 1. The third-order valence-electron chi connectivity index (χ3n) is 7.45. The van der Waals surface area contributed by atoms with E-state index in [-0.39, 0.29) is 36.3 Å². The molecule has 2 aliphatic heterocycles. The molecule has 4 atom stereocenters. The highest BCUT2D eigenvalue weighted by Crippen LogP contribution is 2.33. The third kappa shape index (κ3) is 7.13. The molecule has 3 unspecified atom stereocenters. The maximum absolute atomic E-state index is 13.7. The standard InChI is InChI=1S/C25H40N6O5S/c1-3-16-10-12-31(20(14-16)24(33)34)23(32)19(8-6-11-28-25(26)27)30-37(35,36)21-9-5-7-18-13-17(4-2)15-29-22(18)21/h5,7,9,16-17,19-20,29-30H,3-4,6,8,10-15H2,1-2H3,(H,33,34)(H4,26,27,28)/t16?,17?,19-,20?/m0/s1. The number of benzene rings is 1. The summed E-state index contributed by atoms with van der Waals surface area (Å²) in [7, 11) is -4.11. The quantitative estimate of drug-likeness (QED) is 0.160. The molecule has 37 heavy (non-hydrogen) atoms. The molecule has 0 radical (unpaired) electrons. The Morgan fingerprint density at radius 2 is 1.97 bits per heavy atom. The second kappa shape index (κ2) is 12.6. The van der Waals surface area contributed by atoms with Crippen molar-refractivity contribution in [2.24, 2.45) is 28.3 Å². The van der Waals surface area contributed by atoms with Gasteiger partial charge in [-0.2, -0.15) is 4.72 Å². The average Bonchev–Trinajstić information content (AvgIpc) is 2.88. The summed E-state index contributed by atoms with van der Waals surface area (Å²) in [5.74, 6) is -1.10. The van der Waals surface area contributed by atoms with Gasteiger partial charge in [0.05, 0.1) is 5.69 Å². The molecule has 11 nitrogen and oxygen atoms in total. The number of carbonyl (C=O) groups excluding carboxylic acids is 1. The van der Waals surface area contributed by atoms with E-state index in [1.807, 2.05) is 13.0 Å². The number of para-hydroxylation sites is 1. The smallest absolute Gasteiger partial charge is 0.326 e. The predicted molar refractivity (Wildman–Crippen MR) is 143 cm³/mol. The molecule has 0 bridgehead atoms. The number of carbonyl (C=O) groups is 2. The van der Waals surface area contributed by atoms with Crippen LogP contribution in [0.2, 0.25) is 0 Å². The third-order valence-corrected chi connectivity index (χ3v) is 8.97. The zero-order valence-electron chi connectivity index (χ0n) is 21.7. The Morgan fingerprint density at radius 1 is 1.24 bits per heavy atom. The monoisotopic (exact) mass is 536 g/mol. The van der Waals surface area contributed by atoms with E-state index < -0.39 is 34.0 Å². The summed E-state index contributed by atoms with van der Waals surface area (Å²) in [5, 5.41) is 13.1. The van der Waals surface area contributed by atoms with Gasteiger partial charge < -0.3 is 26.8 Å². The molecule has 3 rings (SSSR count). The first kappa shape index (κ1) is 28.7. The van der Waals surface area contributed by atoms with Crippen molar-refractivity contribution >= 4 is 33.5 Å². The highest BCUT2D eigenvalue weighted by molar-refractivity contribution is 7.89. The molecule has 1 aromatic carbocycles. The highest BCUT2D eigenvalue weighted by atomic mass is 32.2. The van der Waals surface area contributed by atoms with Gasteiger partial charge in [0.15, 0.2) is 5.96 Å². The summed E-state index contributed by atoms with van der Waals surface area (Å²) in [6.07, 6.45) is 4.06. The van der Waals surface area contributed by atoms with Crippen molar-refractivity contribution in [1.29, 1.82) is 0 Å². The first-order valence-corrected chi connectivity index (χ1v) is 14.5. The van der Waals surface area contributed by atoms with E-state index in [1.54, 1.807) is 6.07 Å². The lowest BCUT2D eigenvalue weighted by atomic mass is 9.88. The van der Waals surface area contributed by atoms with Gasteiger partial charge in [-0.25, -0.2) is 13.2 Å². The van der Waals surface area contributed by atoms with E-state index in [4.69, 9.17) is 11.5 Å². The van der Waals surface area contributed by atoms with Crippen LogP contribution in [-0.2, 0) is 26.0 Å². The lowest BCUT2D eigenvalue weighted by Crippen LogP contribution is -2.56. The van der Waals surface area contributed by atoms with Crippen LogP contribution in [-0.4, -0.2) is 68.0 Å². The van der Waals surface area contributed by atoms with Gasteiger partial charge in [0, 0.05) is 19.6 Å². The number of nitrogens with two attached hydrogens (primary N) is 2. The molecular formula is C25H40N6O5S. The van der Waals surface area contributed by atoms with Crippen LogP contribution in [0.1, 0.15) is 57.9 Å². The van der Waals surface area contributed by atoms with Gasteiger partial charge in [-0.05, 0) is 55.6 Å². The summed E-state index contributed by atoms with van der Waals surface area (Å²) in [6.45, 7) is 5.25. The zero-order chi connectivity index (χ0) is 27.2. The first-order chi connectivity index (χ1) is 17.6. The highest BCUT2D eigenvalue weighted by Gasteiger charge is 2.39. The van der Waals surface area contributed by atoms with Crippen molar-refractivity contribution in [2.75, 3.05) is 25.0 Å². The number of carboxylic acid groups (broad SMARTS) is 1. The molecule has 1 fully saturated rings. The predicted octanol–water partition coefficient (Wildman–Crippen LogP) is 1.48. The number of likely N-dealkylation sites (tertiary alicyclic amines) is 1. The Kier molecular flexibility index (Phi) is 9.77. The number of fused-ring (bicyclic) bond motifs is 1. The summed E-state index contributed by atoms with van der Waals surface area (Å²) >= 11 is 0. The number of hydrogen-bond acceptors (Lipinski definition) is 6. The molecular weight excluding hydrogens is 496 g/mol. The van der Waals surface area contributed by atoms with Crippen molar-refractivity contribution in [2.45, 2.75) is 75.8 Å². The average molecular weight is 537 g/mol. The molecule has 1 saturated heterocycles. The van der Waals surface area contributed by atoms with E-state index in [0.717, 1.165) is 24.8 Å². The molecule has 7 N–H and O–H groups in total. The Labute approximate surface area is 219 Å². The Hall–Kier alpha value is -2.86. The van der Waals surface area contributed by atoms with Crippen LogP contribution >= 0.6 is 0 Å². The second-order valence-electron chi connectivity index (χ2n) is 9.96. The Morgan fingerprint density at radius 3 is 2.62 bits per heavy atom. The zero-order valence-corrected chi connectivity index (χ0v) is 22.5. The van der Waals surface area contributed by atoms with Crippen LogP contribution in [0.5, 0.6) is 0 Å². The lowest BCUT2D eigenvalue weighted by molar-refractivity contribution is -0.154. The van der Waals surface area contributed by atoms with Crippen molar-refractivity contribution in [3.05, 3.63) is 23.8 Å². The van der Waals surface area contributed by atoms with Gasteiger partial charge in [-0.1, -0.05) is 38.8 Å². The number of rotatable bonds is 11. The number of aliphatic imine (C=N–C) groups is 1. The number of piperidine rings is 1. The number of hydrogen-bond donors (Lipinski definition) is 5. The van der Waals surface area contributed by atoms with Crippen molar-refractivity contribution < 1.29 is 23.1 Å². The number of nitrogens with one attached hydrogen (secondary N) is 2. The van der Waals surface area contributed by atoms with Crippen molar-refractivity contribution in [3.8, 4) is 0 Å². The molecule has 2 heterocycles. The van der Waals surface area contributed by atoms with Crippen molar-refractivity contribution in [3.63, 3.8) is 0 Å².